The fourth-order valence-electron chi connectivity index (χ4n) is 2.42. The van der Waals surface area contributed by atoms with Crippen LogP contribution in [0.1, 0.15) is 5.69 Å². The first-order valence-corrected chi connectivity index (χ1v) is 7.49. The van der Waals surface area contributed by atoms with Crippen molar-refractivity contribution in [3.05, 3.63) is 65.2 Å². The molecule has 0 saturated carbocycles. The average Bonchev–Trinajstić information content (AvgIpc) is 2.90. The Morgan fingerprint density at radius 2 is 1.81 bits per heavy atom. The highest BCUT2D eigenvalue weighted by Crippen LogP contribution is 2.38. The zero-order chi connectivity index (χ0) is 14.2. The van der Waals surface area contributed by atoms with Crippen LogP contribution in [0.15, 0.2) is 64.4 Å². The van der Waals surface area contributed by atoms with Crippen molar-refractivity contribution >= 4 is 40.3 Å². The molecular formula is C17H12N2OS. The highest BCUT2D eigenvalue weighted by molar-refractivity contribution is 8.04. The van der Waals surface area contributed by atoms with Crippen molar-refractivity contribution in [3.63, 3.8) is 0 Å². The van der Waals surface area contributed by atoms with Crippen LogP contribution in [0.3, 0.4) is 0 Å². The molecule has 0 spiro atoms. The second-order valence-corrected chi connectivity index (χ2v) is 5.96. The number of thioether (sulfide) groups is 1. The normalized spacial score (nSPS) is 16.0. The molecule has 2 N–H and O–H groups in total. The van der Waals surface area contributed by atoms with Crippen LogP contribution in [-0.4, -0.2) is 10.9 Å². The molecule has 102 valence electrons. The van der Waals surface area contributed by atoms with E-state index in [1.165, 1.54) is 11.8 Å². The van der Waals surface area contributed by atoms with E-state index in [4.69, 9.17) is 0 Å². The Hall–Kier alpha value is -2.46. The lowest BCUT2D eigenvalue weighted by Gasteiger charge is -2.17. The Labute approximate surface area is 126 Å². The van der Waals surface area contributed by atoms with Gasteiger partial charge in [0.1, 0.15) is 0 Å². The minimum Gasteiger partial charge on any atom is -0.355 e. The first kappa shape index (κ1) is 12.3. The molecule has 3 nitrogen and oxygen atoms in total. The number of aromatic nitrogens is 1. The fourth-order valence-corrected chi connectivity index (χ4v) is 3.36. The van der Waals surface area contributed by atoms with Gasteiger partial charge in [0.2, 0.25) is 0 Å². The molecule has 2 heterocycles. The van der Waals surface area contributed by atoms with Gasteiger partial charge in [-0.1, -0.05) is 42.1 Å². The van der Waals surface area contributed by atoms with Gasteiger partial charge in [-0.15, -0.1) is 0 Å². The van der Waals surface area contributed by atoms with Gasteiger partial charge in [-0.2, -0.15) is 0 Å². The third-order valence-corrected chi connectivity index (χ3v) is 4.52. The van der Waals surface area contributed by atoms with Crippen molar-refractivity contribution in [1.29, 1.82) is 0 Å². The van der Waals surface area contributed by atoms with E-state index < -0.39 is 0 Å². The number of amides is 1. The topological polar surface area (TPSA) is 44.9 Å². The van der Waals surface area contributed by atoms with Crippen LogP contribution in [0.25, 0.3) is 17.0 Å². The van der Waals surface area contributed by atoms with E-state index in [2.05, 4.69) is 22.4 Å². The first-order chi connectivity index (χ1) is 10.3. The van der Waals surface area contributed by atoms with Gasteiger partial charge in [-0.05, 0) is 35.7 Å². The van der Waals surface area contributed by atoms with Crippen molar-refractivity contribution in [2.24, 2.45) is 0 Å². The molecule has 0 radical (unpaired) electrons. The zero-order valence-electron chi connectivity index (χ0n) is 11.1. The molecule has 0 unspecified atom stereocenters. The number of hydrogen-bond donors (Lipinski definition) is 2. The molecule has 0 aliphatic carbocycles. The predicted molar refractivity (Wildman–Crippen MR) is 87.2 cm³/mol. The number of benzene rings is 2. The Morgan fingerprint density at radius 3 is 2.71 bits per heavy atom. The average molecular weight is 292 g/mol. The number of hydrogen-bond acceptors (Lipinski definition) is 2. The standard InChI is InChI=1S/C17H12N2OS/c20-17-16(21-15-8-4-3-7-14(15)19-17)10-12-9-11-5-1-2-6-13(11)18-12/h1-10,18H,(H,19,20). The van der Waals surface area contributed by atoms with Crippen LogP contribution in [-0.2, 0) is 4.79 Å². The number of aromatic amines is 1. The second kappa shape index (κ2) is 4.82. The Morgan fingerprint density at radius 1 is 1.00 bits per heavy atom. The van der Waals surface area contributed by atoms with Gasteiger partial charge in [0, 0.05) is 16.1 Å². The lowest BCUT2D eigenvalue weighted by Crippen LogP contribution is -2.17. The predicted octanol–water partition coefficient (Wildman–Crippen LogP) is 4.25. The molecule has 1 aliphatic heterocycles. The molecular weight excluding hydrogens is 280 g/mol. The maximum atomic E-state index is 12.2. The molecule has 1 amide bonds. The molecule has 3 aromatic rings. The van der Waals surface area contributed by atoms with Crippen LogP contribution in [0.5, 0.6) is 0 Å². The van der Waals surface area contributed by atoms with Gasteiger partial charge >= 0.3 is 0 Å². The highest BCUT2D eigenvalue weighted by atomic mass is 32.2. The fraction of sp³-hybridized carbons (Fsp3) is 0. The number of carbonyl (C=O) groups excluding carboxylic acids is 1. The number of rotatable bonds is 1. The molecule has 0 saturated heterocycles. The van der Waals surface area contributed by atoms with E-state index in [-0.39, 0.29) is 5.91 Å². The first-order valence-electron chi connectivity index (χ1n) is 6.67. The van der Waals surface area contributed by atoms with E-state index in [1.54, 1.807) is 0 Å². The summed E-state index contributed by atoms with van der Waals surface area (Å²) in [6.45, 7) is 0. The molecule has 1 aromatic heterocycles. The minimum absolute atomic E-state index is 0.0580. The van der Waals surface area contributed by atoms with Gasteiger partial charge in [-0.25, -0.2) is 0 Å². The summed E-state index contributed by atoms with van der Waals surface area (Å²) in [5.74, 6) is -0.0580. The molecule has 4 heteroatoms. The number of carbonyl (C=O) groups is 1. The van der Waals surface area contributed by atoms with Crippen LogP contribution in [0.4, 0.5) is 5.69 Å². The smallest absolute Gasteiger partial charge is 0.262 e. The zero-order valence-corrected chi connectivity index (χ0v) is 11.9. The van der Waals surface area contributed by atoms with Gasteiger partial charge < -0.3 is 10.3 Å². The summed E-state index contributed by atoms with van der Waals surface area (Å²) in [5.41, 5.74) is 2.89. The van der Waals surface area contributed by atoms with Crippen LogP contribution < -0.4 is 5.32 Å². The summed E-state index contributed by atoms with van der Waals surface area (Å²) in [7, 11) is 0. The van der Waals surface area contributed by atoms with Gasteiger partial charge in [0.25, 0.3) is 5.91 Å². The van der Waals surface area contributed by atoms with Crippen molar-refractivity contribution in [2.45, 2.75) is 4.90 Å². The molecule has 21 heavy (non-hydrogen) atoms. The largest absolute Gasteiger partial charge is 0.355 e. The Balaban J connectivity index is 1.74. The number of nitrogens with one attached hydrogen (secondary N) is 2. The van der Waals surface area contributed by atoms with Crippen molar-refractivity contribution in [1.82, 2.24) is 4.98 Å². The minimum atomic E-state index is -0.0580. The van der Waals surface area contributed by atoms with E-state index in [9.17, 15) is 4.79 Å². The summed E-state index contributed by atoms with van der Waals surface area (Å²) >= 11 is 1.50. The molecule has 0 fully saturated rings. The van der Waals surface area contributed by atoms with Crippen LogP contribution in [0.2, 0.25) is 0 Å². The van der Waals surface area contributed by atoms with E-state index >= 15 is 0 Å². The number of H-pyrrole nitrogens is 1. The number of anilines is 1. The molecule has 1 aliphatic rings. The molecule has 0 bridgehead atoms. The van der Waals surface area contributed by atoms with E-state index in [0.717, 1.165) is 27.2 Å². The van der Waals surface area contributed by atoms with Crippen molar-refractivity contribution < 1.29 is 4.79 Å². The van der Waals surface area contributed by atoms with E-state index in [1.807, 2.05) is 48.5 Å². The summed E-state index contributed by atoms with van der Waals surface area (Å²) in [4.78, 5) is 17.2. The third kappa shape index (κ3) is 2.23. The van der Waals surface area contributed by atoms with E-state index in [0.29, 0.717) is 4.91 Å². The third-order valence-electron chi connectivity index (χ3n) is 3.42. The van der Waals surface area contributed by atoms with Crippen LogP contribution >= 0.6 is 11.8 Å². The van der Waals surface area contributed by atoms with Crippen molar-refractivity contribution in [2.75, 3.05) is 5.32 Å². The highest BCUT2D eigenvalue weighted by Gasteiger charge is 2.20. The summed E-state index contributed by atoms with van der Waals surface area (Å²) in [6.07, 6.45) is 1.90. The molecule has 4 rings (SSSR count). The van der Waals surface area contributed by atoms with Gasteiger partial charge in [0.05, 0.1) is 10.6 Å². The Kier molecular flexibility index (Phi) is 2.82. The summed E-state index contributed by atoms with van der Waals surface area (Å²) in [6, 6.07) is 18.0. The lowest BCUT2D eigenvalue weighted by atomic mass is 10.2. The maximum Gasteiger partial charge on any atom is 0.262 e. The quantitative estimate of drug-likeness (QED) is 0.658. The Bertz CT molecular complexity index is 846. The molecule has 0 atom stereocenters. The maximum absolute atomic E-state index is 12.2. The summed E-state index contributed by atoms with van der Waals surface area (Å²) < 4.78 is 0. The summed E-state index contributed by atoms with van der Waals surface area (Å²) in [5, 5.41) is 4.07. The molecule has 2 aromatic carbocycles. The number of fused-ring (bicyclic) bond motifs is 2. The monoisotopic (exact) mass is 292 g/mol. The van der Waals surface area contributed by atoms with Gasteiger partial charge in [0.15, 0.2) is 0 Å². The van der Waals surface area contributed by atoms with Crippen LogP contribution in [0, 0.1) is 0 Å². The number of para-hydroxylation sites is 2. The lowest BCUT2D eigenvalue weighted by molar-refractivity contribution is -0.112. The van der Waals surface area contributed by atoms with Gasteiger partial charge in [-0.3, -0.25) is 4.79 Å². The SMILES string of the molecule is O=C1Nc2ccccc2SC1=Cc1cc2ccccc2[nH]1. The second-order valence-electron chi connectivity index (χ2n) is 4.87. The van der Waals surface area contributed by atoms with Crippen molar-refractivity contribution in [3.8, 4) is 0 Å².